The smallest absolute Gasteiger partial charge is 0.247 e. The van der Waals surface area contributed by atoms with E-state index >= 15 is 0 Å². The van der Waals surface area contributed by atoms with Crippen LogP contribution in [-0.4, -0.2) is 26.8 Å². The first-order valence-corrected chi connectivity index (χ1v) is 10.3. The number of benzene rings is 2. The van der Waals surface area contributed by atoms with Gasteiger partial charge in [-0.05, 0) is 24.0 Å². The molecule has 1 aromatic heterocycles. The molecular formula is C21H19FN4O2S. The standard InChI is InChI=1S/C21H19FN4O2S/c1-3-17(27)26-16-11-6-5-10-15(16)18-19(23-21(25-24-18)29-4-2)28-20(26)13-8-7-9-14(22)12-13/h5-12,20H,3-4H2,1-2H3/t20-/m0/s1. The van der Waals surface area contributed by atoms with Gasteiger partial charge in [0.1, 0.15) is 5.82 Å². The van der Waals surface area contributed by atoms with Crippen LogP contribution in [0.5, 0.6) is 5.88 Å². The summed E-state index contributed by atoms with van der Waals surface area (Å²) in [4.78, 5) is 19.0. The van der Waals surface area contributed by atoms with Crippen molar-refractivity contribution in [3.63, 3.8) is 0 Å². The molecule has 0 saturated heterocycles. The van der Waals surface area contributed by atoms with Crippen LogP contribution in [0.15, 0.2) is 53.7 Å². The van der Waals surface area contributed by atoms with Crippen LogP contribution in [0.3, 0.4) is 0 Å². The number of para-hydroxylation sites is 1. The van der Waals surface area contributed by atoms with E-state index in [1.807, 2.05) is 31.2 Å². The molecule has 3 aromatic rings. The van der Waals surface area contributed by atoms with E-state index < -0.39 is 12.0 Å². The predicted molar refractivity (Wildman–Crippen MR) is 109 cm³/mol. The van der Waals surface area contributed by atoms with Gasteiger partial charge in [-0.3, -0.25) is 9.69 Å². The van der Waals surface area contributed by atoms with Gasteiger partial charge in [0.25, 0.3) is 0 Å². The number of anilines is 1. The molecule has 2 aromatic carbocycles. The first-order chi connectivity index (χ1) is 14.1. The summed E-state index contributed by atoms with van der Waals surface area (Å²) >= 11 is 1.44. The molecule has 0 spiro atoms. The van der Waals surface area contributed by atoms with Crippen molar-refractivity contribution in [1.82, 2.24) is 15.2 Å². The third kappa shape index (κ3) is 3.67. The Kier molecular flexibility index (Phi) is 5.44. The maximum Gasteiger partial charge on any atom is 0.247 e. The molecule has 0 unspecified atom stereocenters. The highest BCUT2D eigenvalue weighted by Gasteiger charge is 2.35. The summed E-state index contributed by atoms with van der Waals surface area (Å²) in [5, 5.41) is 9.00. The number of hydrogen-bond acceptors (Lipinski definition) is 6. The lowest BCUT2D eigenvalue weighted by Crippen LogP contribution is -2.37. The topological polar surface area (TPSA) is 68.2 Å². The van der Waals surface area contributed by atoms with Crippen molar-refractivity contribution in [1.29, 1.82) is 0 Å². The number of thioether (sulfide) groups is 1. The lowest BCUT2D eigenvalue weighted by Gasteiger charge is -2.30. The van der Waals surface area contributed by atoms with Crippen LogP contribution in [0.25, 0.3) is 11.3 Å². The van der Waals surface area contributed by atoms with Gasteiger partial charge in [-0.25, -0.2) is 4.39 Å². The zero-order valence-corrected chi connectivity index (χ0v) is 16.8. The average molecular weight is 410 g/mol. The molecule has 0 fully saturated rings. The molecular weight excluding hydrogens is 391 g/mol. The molecule has 6 nitrogen and oxygen atoms in total. The lowest BCUT2D eigenvalue weighted by molar-refractivity contribution is -0.120. The summed E-state index contributed by atoms with van der Waals surface area (Å²) in [6, 6.07) is 13.4. The second-order valence-corrected chi connectivity index (χ2v) is 7.57. The second-order valence-electron chi connectivity index (χ2n) is 6.34. The zero-order chi connectivity index (χ0) is 20.4. The third-order valence-corrected chi connectivity index (χ3v) is 5.21. The number of carbonyl (C=O) groups excluding carboxylic acids is 1. The first-order valence-electron chi connectivity index (χ1n) is 9.33. The quantitative estimate of drug-likeness (QED) is 0.585. The number of amides is 1. The van der Waals surface area contributed by atoms with E-state index in [1.165, 1.54) is 23.9 Å². The van der Waals surface area contributed by atoms with E-state index in [4.69, 9.17) is 4.74 Å². The molecule has 1 amide bonds. The number of nitrogens with zero attached hydrogens (tertiary/aromatic N) is 4. The SMILES string of the molecule is CCSc1nnc2c(n1)O[C@@H](c1cccc(F)c1)N(C(=O)CC)c1ccccc1-2. The summed E-state index contributed by atoms with van der Waals surface area (Å²) in [7, 11) is 0. The fraction of sp³-hybridized carbons (Fsp3) is 0.238. The van der Waals surface area contributed by atoms with E-state index in [0.29, 0.717) is 27.7 Å². The summed E-state index contributed by atoms with van der Waals surface area (Å²) in [5.74, 6) is 0.487. The van der Waals surface area contributed by atoms with Gasteiger partial charge in [-0.2, -0.15) is 4.98 Å². The number of ether oxygens (including phenoxy) is 1. The number of carbonyl (C=O) groups is 1. The molecule has 148 valence electrons. The van der Waals surface area contributed by atoms with Crippen molar-refractivity contribution in [2.45, 2.75) is 31.7 Å². The molecule has 1 aliphatic rings. The van der Waals surface area contributed by atoms with Crippen LogP contribution in [0.4, 0.5) is 10.1 Å². The molecule has 0 N–H and O–H groups in total. The third-order valence-electron chi connectivity index (χ3n) is 4.49. The Bertz CT molecular complexity index is 1060. The average Bonchev–Trinajstić information content (AvgIpc) is 2.88. The predicted octanol–water partition coefficient (Wildman–Crippen LogP) is 4.62. The zero-order valence-electron chi connectivity index (χ0n) is 16.0. The molecule has 29 heavy (non-hydrogen) atoms. The van der Waals surface area contributed by atoms with Crippen LogP contribution < -0.4 is 9.64 Å². The Morgan fingerprint density at radius 2 is 2.00 bits per heavy atom. The van der Waals surface area contributed by atoms with Crippen molar-refractivity contribution in [2.75, 3.05) is 10.7 Å². The van der Waals surface area contributed by atoms with Gasteiger partial charge in [0, 0.05) is 17.5 Å². The Hall–Kier alpha value is -3.00. The van der Waals surface area contributed by atoms with Crippen LogP contribution >= 0.6 is 11.8 Å². The van der Waals surface area contributed by atoms with E-state index in [9.17, 15) is 9.18 Å². The van der Waals surface area contributed by atoms with Gasteiger partial charge >= 0.3 is 0 Å². The minimum atomic E-state index is -0.878. The number of hydrogen-bond donors (Lipinski definition) is 0. The molecule has 0 aliphatic carbocycles. The van der Waals surface area contributed by atoms with E-state index in [2.05, 4.69) is 15.2 Å². The molecule has 4 rings (SSSR count). The Labute approximate surface area is 172 Å². The maximum absolute atomic E-state index is 14.0. The minimum Gasteiger partial charge on any atom is -0.447 e. The normalized spacial score (nSPS) is 15.1. The monoisotopic (exact) mass is 410 g/mol. The highest BCUT2D eigenvalue weighted by atomic mass is 32.2. The summed E-state index contributed by atoms with van der Waals surface area (Å²) in [5.41, 5.74) is 2.28. The minimum absolute atomic E-state index is 0.157. The van der Waals surface area contributed by atoms with Gasteiger partial charge in [-0.15, -0.1) is 10.2 Å². The fourth-order valence-electron chi connectivity index (χ4n) is 3.22. The molecule has 1 aliphatic heterocycles. The van der Waals surface area contributed by atoms with Gasteiger partial charge in [0.05, 0.1) is 5.69 Å². The number of halogens is 1. The van der Waals surface area contributed by atoms with Crippen molar-refractivity contribution < 1.29 is 13.9 Å². The maximum atomic E-state index is 14.0. The van der Waals surface area contributed by atoms with Gasteiger partial charge in [0.15, 0.2) is 5.69 Å². The molecule has 0 saturated carbocycles. The molecule has 0 radical (unpaired) electrons. The Morgan fingerprint density at radius 1 is 1.17 bits per heavy atom. The Morgan fingerprint density at radius 3 is 2.76 bits per heavy atom. The highest BCUT2D eigenvalue weighted by Crippen LogP contribution is 2.43. The van der Waals surface area contributed by atoms with E-state index in [0.717, 1.165) is 5.75 Å². The summed E-state index contributed by atoms with van der Waals surface area (Å²) in [6.45, 7) is 3.77. The summed E-state index contributed by atoms with van der Waals surface area (Å²) in [6.07, 6.45) is -0.618. The number of aromatic nitrogens is 3. The fourth-order valence-corrected chi connectivity index (χ4v) is 3.72. The largest absolute Gasteiger partial charge is 0.447 e. The molecule has 1 atom stereocenters. The van der Waals surface area contributed by atoms with Crippen molar-refractivity contribution in [3.8, 4) is 17.1 Å². The molecule has 0 bridgehead atoms. The number of fused-ring (bicyclic) bond motifs is 3. The van der Waals surface area contributed by atoms with Gasteiger partial charge in [0.2, 0.25) is 23.2 Å². The lowest BCUT2D eigenvalue weighted by atomic mass is 10.1. The first kappa shape index (κ1) is 19.3. The highest BCUT2D eigenvalue weighted by molar-refractivity contribution is 7.99. The second kappa shape index (κ2) is 8.16. The summed E-state index contributed by atoms with van der Waals surface area (Å²) < 4.78 is 20.2. The number of rotatable bonds is 4. The van der Waals surface area contributed by atoms with E-state index in [-0.39, 0.29) is 18.2 Å². The van der Waals surface area contributed by atoms with Crippen LogP contribution in [0.2, 0.25) is 0 Å². The Balaban J connectivity index is 1.95. The van der Waals surface area contributed by atoms with E-state index in [1.54, 1.807) is 24.0 Å². The van der Waals surface area contributed by atoms with Crippen LogP contribution in [0.1, 0.15) is 32.1 Å². The van der Waals surface area contributed by atoms with Crippen molar-refractivity contribution in [3.05, 3.63) is 59.9 Å². The van der Waals surface area contributed by atoms with Crippen molar-refractivity contribution in [2.24, 2.45) is 0 Å². The van der Waals surface area contributed by atoms with Crippen LogP contribution in [-0.2, 0) is 4.79 Å². The molecule has 2 heterocycles. The molecule has 8 heteroatoms. The van der Waals surface area contributed by atoms with Crippen molar-refractivity contribution >= 4 is 23.4 Å². The van der Waals surface area contributed by atoms with Gasteiger partial charge < -0.3 is 4.74 Å². The van der Waals surface area contributed by atoms with Crippen LogP contribution in [0, 0.1) is 5.82 Å². The van der Waals surface area contributed by atoms with Gasteiger partial charge in [-0.1, -0.05) is 55.9 Å².